The quantitative estimate of drug-likeness (QED) is 0.586. The van der Waals surface area contributed by atoms with Gasteiger partial charge in [-0.25, -0.2) is 0 Å². The van der Waals surface area contributed by atoms with Crippen molar-refractivity contribution in [2.45, 2.75) is 53.4 Å². The van der Waals surface area contributed by atoms with Crippen molar-refractivity contribution in [1.82, 2.24) is 0 Å². The van der Waals surface area contributed by atoms with E-state index in [4.69, 9.17) is 0 Å². The fourth-order valence-electron chi connectivity index (χ4n) is 2.90. The molecule has 0 heterocycles. The highest BCUT2D eigenvalue weighted by molar-refractivity contribution is 5.66. The fourth-order valence-corrected chi connectivity index (χ4v) is 2.90. The highest BCUT2D eigenvalue weighted by Gasteiger charge is 2.32. The zero-order chi connectivity index (χ0) is 15.4. The summed E-state index contributed by atoms with van der Waals surface area (Å²) < 4.78 is 0. The Morgan fingerprint density at radius 1 is 0.650 bits per heavy atom. The lowest BCUT2D eigenvalue weighted by atomic mass is 9.88. The smallest absolute Gasteiger partial charge is 0.258 e. The summed E-state index contributed by atoms with van der Waals surface area (Å²) in [5.74, 6) is 0. The van der Waals surface area contributed by atoms with Crippen molar-refractivity contribution in [3.8, 4) is 0 Å². The van der Waals surface area contributed by atoms with E-state index in [1.165, 1.54) is 0 Å². The molecule has 1 aromatic rings. The second-order valence-electron chi connectivity index (χ2n) is 4.54. The van der Waals surface area contributed by atoms with Crippen LogP contribution < -0.4 is 0 Å². The summed E-state index contributed by atoms with van der Waals surface area (Å²) in [6, 6.07) is 0. The van der Waals surface area contributed by atoms with Crippen molar-refractivity contribution < 1.29 is 9.85 Å². The van der Waals surface area contributed by atoms with E-state index in [0.29, 0.717) is 47.9 Å². The van der Waals surface area contributed by atoms with Gasteiger partial charge in [-0.3, -0.25) is 20.2 Å². The van der Waals surface area contributed by atoms with Gasteiger partial charge in [0, 0.05) is 22.3 Å². The molecule has 0 unspecified atom stereocenters. The van der Waals surface area contributed by atoms with Gasteiger partial charge in [-0.2, -0.15) is 0 Å². The Kier molecular flexibility index (Phi) is 5.19. The Balaban J connectivity index is 3.98. The molecule has 0 atom stereocenters. The molecule has 0 amide bonds. The normalized spacial score (nSPS) is 10.6. The second-order valence-corrected chi connectivity index (χ2v) is 4.54. The summed E-state index contributed by atoms with van der Waals surface area (Å²) in [6.07, 6.45) is 1.71. The highest BCUT2D eigenvalue weighted by atomic mass is 16.6. The maximum Gasteiger partial charge on any atom is 0.276 e. The predicted octanol–water partition coefficient (Wildman–Crippen LogP) is 3.75. The van der Waals surface area contributed by atoms with Gasteiger partial charge in [0.1, 0.15) is 0 Å². The van der Waals surface area contributed by atoms with Crippen molar-refractivity contribution in [3.63, 3.8) is 0 Å². The molecule has 1 rings (SSSR count). The Hall–Kier alpha value is -1.98. The van der Waals surface area contributed by atoms with Crippen LogP contribution in [0.5, 0.6) is 0 Å². The van der Waals surface area contributed by atoms with Gasteiger partial charge in [-0.05, 0) is 25.7 Å². The third kappa shape index (κ3) is 2.50. The highest BCUT2D eigenvalue weighted by Crippen LogP contribution is 2.39. The first-order chi connectivity index (χ1) is 9.44. The van der Waals surface area contributed by atoms with Gasteiger partial charge in [-0.15, -0.1) is 0 Å². The van der Waals surface area contributed by atoms with E-state index in [-0.39, 0.29) is 21.2 Å². The number of hydrogen-bond acceptors (Lipinski definition) is 4. The van der Waals surface area contributed by atoms with E-state index in [1.54, 1.807) is 27.7 Å². The Morgan fingerprint density at radius 2 is 0.850 bits per heavy atom. The predicted molar refractivity (Wildman–Crippen MR) is 77.3 cm³/mol. The van der Waals surface area contributed by atoms with E-state index >= 15 is 0 Å². The fraction of sp³-hybridized carbons (Fsp3) is 0.571. The van der Waals surface area contributed by atoms with Crippen LogP contribution in [-0.4, -0.2) is 9.85 Å². The van der Waals surface area contributed by atoms with Gasteiger partial charge in [-0.1, -0.05) is 27.7 Å². The third-order valence-corrected chi connectivity index (χ3v) is 3.65. The summed E-state index contributed by atoms with van der Waals surface area (Å²) >= 11 is 0. The molecule has 6 heteroatoms. The first-order valence-electron chi connectivity index (χ1n) is 6.92. The zero-order valence-corrected chi connectivity index (χ0v) is 12.4. The second kappa shape index (κ2) is 6.45. The SMILES string of the molecule is CCc1c(CC)c([N+](=O)[O-])c(CC)c(CC)c1[N+](=O)[O-]. The third-order valence-electron chi connectivity index (χ3n) is 3.65. The molecule has 6 nitrogen and oxygen atoms in total. The molecule has 0 aliphatic carbocycles. The van der Waals surface area contributed by atoms with Gasteiger partial charge in [0.2, 0.25) is 0 Å². The average molecular weight is 280 g/mol. The van der Waals surface area contributed by atoms with Crippen molar-refractivity contribution in [3.05, 3.63) is 42.5 Å². The minimum absolute atomic E-state index is 0.0781. The van der Waals surface area contributed by atoms with E-state index in [1.807, 2.05) is 0 Å². The summed E-state index contributed by atoms with van der Waals surface area (Å²) in [5, 5.41) is 22.8. The molecule has 0 N–H and O–H groups in total. The molecule has 0 spiro atoms. The van der Waals surface area contributed by atoms with E-state index in [2.05, 4.69) is 0 Å². The van der Waals surface area contributed by atoms with Crippen LogP contribution in [0.15, 0.2) is 0 Å². The van der Waals surface area contributed by atoms with Crippen LogP contribution in [0.3, 0.4) is 0 Å². The Morgan fingerprint density at radius 3 is 0.950 bits per heavy atom. The van der Waals surface area contributed by atoms with Crippen LogP contribution in [-0.2, 0) is 25.7 Å². The minimum atomic E-state index is -0.389. The van der Waals surface area contributed by atoms with Crippen LogP contribution in [0, 0.1) is 20.2 Å². The molecule has 0 fully saturated rings. The van der Waals surface area contributed by atoms with Gasteiger partial charge in [0.25, 0.3) is 11.4 Å². The van der Waals surface area contributed by atoms with Crippen LogP contribution in [0.2, 0.25) is 0 Å². The molecular formula is C14H20N2O4. The largest absolute Gasteiger partial charge is 0.276 e. The first-order valence-corrected chi connectivity index (χ1v) is 6.92. The average Bonchev–Trinajstić information content (AvgIpc) is 2.42. The number of hydrogen-bond donors (Lipinski definition) is 0. The lowest BCUT2D eigenvalue weighted by molar-refractivity contribution is -0.391. The number of nitrogens with zero attached hydrogens (tertiary/aromatic N) is 2. The van der Waals surface area contributed by atoms with Crippen LogP contribution in [0.4, 0.5) is 11.4 Å². The van der Waals surface area contributed by atoms with Crippen molar-refractivity contribution in [2.75, 3.05) is 0 Å². The van der Waals surface area contributed by atoms with Gasteiger partial charge < -0.3 is 0 Å². The molecule has 0 aliphatic rings. The lowest BCUT2D eigenvalue weighted by Gasteiger charge is -2.15. The van der Waals surface area contributed by atoms with Crippen LogP contribution in [0.25, 0.3) is 0 Å². The van der Waals surface area contributed by atoms with Gasteiger partial charge in [0.15, 0.2) is 0 Å². The van der Waals surface area contributed by atoms with Crippen LogP contribution >= 0.6 is 0 Å². The standard InChI is InChI=1S/C14H20N2O4/c1-5-9-10(6-2)14(16(19)20)12(8-4)11(7-3)13(9)15(17)18/h5-8H2,1-4H3. The summed E-state index contributed by atoms with van der Waals surface area (Å²) in [6.45, 7) is 7.21. The van der Waals surface area contributed by atoms with Crippen molar-refractivity contribution >= 4 is 11.4 Å². The van der Waals surface area contributed by atoms with E-state index in [9.17, 15) is 20.2 Å². The molecule has 110 valence electrons. The topological polar surface area (TPSA) is 86.3 Å². The van der Waals surface area contributed by atoms with E-state index in [0.717, 1.165) is 0 Å². The molecule has 0 saturated heterocycles. The monoisotopic (exact) mass is 280 g/mol. The molecular weight excluding hydrogens is 260 g/mol. The molecule has 20 heavy (non-hydrogen) atoms. The molecule has 0 aromatic heterocycles. The first kappa shape index (κ1) is 16.1. The van der Waals surface area contributed by atoms with Crippen molar-refractivity contribution in [2.24, 2.45) is 0 Å². The molecule has 1 aromatic carbocycles. The summed E-state index contributed by atoms with van der Waals surface area (Å²) in [4.78, 5) is 22.0. The molecule has 0 saturated carbocycles. The Bertz CT molecular complexity index is 471. The maximum atomic E-state index is 11.4. The van der Waals surface area contributed by atoms with Crippen LogP contribution in [0.1, 0.15) is 49.9 Å². The number of benzene rings is 1. The van der Waals surface area contributed by atoms with Gasteiger partial charge in [0.05, 0.1) is 9.85 Å². The Labute approximate surface area is 118 Å². The van der Waals surface area contributed by atoms with Gasteiger partial charge >= 0.3 is 0 Å². The lowest BCUT2D eigenvalue weighted by Crippen LogP contribution is -2.11. The number of nitro benzene ring substituents is 2. The van der Waals surface area contributed by atoms with E-state index < -0.39 is 0 Å². The van der Waals surface area contributed by atoms with Crippen molar-refractivity contribution in [1.29, 1.82) is 0 Å². The summed E-state index contributed by atoms with van der Waals surface area (Å²) in [5.41, 5.74) is 2.21. The zero-order valence-electron chi connectivity index (χ0n) is 12.4. The number of nitro groups is 2. The molecule has 0 aliphatic heterocycles. The molecule has 0 radical (unpaired) electrons. The maximum absolute atomic E-state index is 11.4. The number of rotatable bonds is 6. The summed E-state index contributed by atoms with van der Waals surface area (Å²) in [7, 11) is 0. The molecule has 0 bridgehead atoms. The minimum Gasteiger partial charge on any atom is -0.258 e.